The number of nitrogens with zero attached hydrogens (tertiary/aromatic N) is 1. The van der Waals surface area contributed by atoms with E-state index in [2.05, 4.69) is 15.3 Å². The summed E-state index contributed by atoms with van der Waals surface area (Å²) in [6.07, 6.45) is 1.37. The first-order valence-corrected chi connectivity index (χ1v) is 3.16. The highest BCUT2D eigenvalue weighted by atomic mass is 16.4. The summed E-state index contributed by atoms with van der Waals surface area (Å²) in [5.41, 5.74) is 0.680. The predicted octanol–water partition coefficient (Wildman–Crippen LogP) is -0.173. The van der Waals surface area contributed by atoms with Crippen LogP contribution in [0.4, 0.5) is 0 Å². The Morgan fingerprint density at radius 2 is 2.64 bits per heavy atom. The Morgan fingerprint density at radius 1 is 1.91 bits per heavy atom. The van der Waals surface area contributed by atoms with Crippen LogP contribution in [0.2, 0.25) is 0 Å². The minimum absolute atomic E-state index is 0.0827. The van der Waals surface area contributed by atoms with Crippen molar-refractivity contribution in [2.24, 2.45) is 0 Å². The van der Waals surface area contributed by atoms with Gasteiger partial charge in [0, 0.05) is 6.54 Å². The molecule has 0 unspecified atom stereocenters. The first kappa shape index (κ1) is 7.74. The topological polar surface area (TPSA) is 78.0 Å². The maximum atomic E-state index is 10.4. The largest absolute Gasteiger partial charge is 0.476 e. The molecular weight excluding hydrogens is 146 g/mol. The fourth-order valence-electron chi connectivity index (χ4n) is 0.817. The lowest BCUT2D eigenvalue weighted by atomic mass is 10.3. The molecular formula is C6H9N3O2. The van der Waals surface area contributed by atoms with Gasteiger partial charge in [0.05, 0.1) is 12.0 Å². The van der Waals surface area contributed by atoms with Crippen molar-refractivity contribution in [1.29, 1.82) is 0 Å². The summed E-state index contributed by atoms with van der Waals surface area (Å²) in [6.45, 7) is 0.488. The second-order valence-electron chi connectivity index (χ2n) is 2.07. The van der Waals surface area contributed by atoms with Crippen molar-refractivity contribution in [3.05, 3.63) is 17.7 Å². The van der Waals surface area contributed by atoms with E-state index in [0.717, 1.165) is 0 Å². The third kappa shape index (κ3) is 1.56. The number of aromatic amines is 1. The van der Waals surface area contributed by atoms with Crippen LogP contribution in [-0.4, -0.2) is 28.1 Å². The average molecular weight is 155 g/mol. The van der Waals surface area contributed by atoms with Gasteiger partial charge in [-0.25, -0.2) is 9.78 Å². The Kier molecular flexibility index (Phi) is 2.22. The number of carbonyl (C=O) groups is 1. The molecule has 0 aliphatic rings. The monoisotopic (exact) mass is 155 g/mol. The number of aromatic nitrogens is 2. The summed E-state index contributed by atoms with van der Waals surface area (Å²) in [5.74, 6) is -1.00. The first-order chi connectivity index (χ1) is 5.25. The lowest BCUT2D eigenvalue weighted by Crippen LogP contribution is -2.10. The van der Waals surface area contributed by atoms with Gasteiger partial charge < -0.3 is 15.4 Å². The molecule has 0 bridgehead atoms. The number of hydrogen-bond donors (Lipinski definition) is 3. The predicted molar refractivity (Wildman–Crippen MR) is 38.3 cm³/mol. The maximum absolute atomic E-state index is 10.4. The highest BCUT2D eigenvalue weighted by Gasteiger charge is 2.10. The molecule has 0 amide bonds. The Labute approximate surface area is 63.5 Å². The molecule has 0 aliphatic heterocycles. The lowest BCUT2D eigenvalue weighted by molar-refractivity contribution is 0.0689. The molecule has 0 saturated heterocycles. The van der Waals surface area contributed by atoms with Gasteiger partial charge in [-0.05, 0) is 7.05 Å². The number of nitrogens with one attached hydrogen (secondary N) is 2. The van der Waals surface area contributed by atoms with Crippen LogP contribution in [0.25, 0.3) is 0 Å². The second kappa shape index (κ2) is 3.16. The van der Waals surface area contributed by atoms with Crippen molar-refractivity contribution < 1.29 is 9.90 Å². The van der Waals surface area contributed by atoms with Crippen molar-refractivity contribution >= 4 is 5.97 Å². The van der Waals surface area contributed by atoms with Gasteiger partial charge >= 0.3 is 5.97 Å². The smallest absolute Gasteiger partial charge is 0.356 e. The van der Waals surface area contributed by atoms with Gasteiger partial charge in [-0.2, -0.15) is 0 Å². The molecule has 5 heteroatoms. The summed E-state index contributed by atoms with van der Waals surface area (Å²) in [6, 6.07) is 0. The molecule has 0 fully saturated rings. The summed E-state index contributed by atoms with van der Waals surface area (Å²) in [7, 11) is 1.74. The van der Waals surface area contributed by atoms with Crippen LogP contribution in [0.5, 0.6) is 0 Å². The zero-order chi connectivity index (χ0) is 8.27. The number of H-pyrrole nitrogens is 1. The molecule has 11 heavy (non-hydrogen) atoms. The van der Waals surface area contributed by atoms with E-state index in [1.54, 1.807) is 7.05 Å². The van der Waals surface area contributed by atoms with Gasteiger partial charge in [0.1, 0.15) is 0 Å². The third-order valence-electron chi connectivity index (χ3n) is 1.27. The Hall–Kier alpha value is -1.36. The molecule has 1 aromatic heterocycles. The van der Waals surface area contributed by atoms with Crippen LogP contribution in [0, 0.1) is 0 Å². The van der Waals surface area contributed by atoms with Crippen molar-refractivity contribution in [2.75, 3.05) is 7.05 Å². The quantitative estimate of drug-likeness (QED) is 0.566. The molecule has 0 aromatic carbocycles. The molecule has 1 heterocycles. The van der Waals surface area contributed by atoms with Gasteiger partial charge in [-0.3, -0.25) is 0 Å². The van der Waals surface area contributed by atoms with Crippen molar-refractivity contribution in [2.45, 2.75) is 6.54 Å². The number of carboxylic acid groups (broad SMARTS) is 1. The fraction of sp³-hybridized carbons (Fsp3) is 0.333. The van der Waals surface area contributed by atoms with E-state index in [-0.39, 0.29) is 5.69 Å². The number of rotatable bonds is 3. The minimum atomic E-state index is -1.00. The van der Waals surface area contributed by atoms with Crippen LogP contribution in [0.15, 0.2) is 6.33 Å². The minimum Gasteiger partial charge on any atom is -0.476 e. The molecule has 0 atom stereocenters. The van der Waals surface area contributed by atoms with Crippen LogP contribution in [-0.2, 0) is 6.54 Å². The summed E-state index contributed by atoms with van der Waals surface area (Å²) in [5, 5.41) is 11.4. The van der Waals surface area contributed by atoms with Gasteiger partial charge in [0.15, 0.2) is 5.69 Å². The first-order valence-electron chi connectivity index (χ1n) is 3.16. The zero-order valence-corrected chi connectivity index (χ0v) is 6.09. The lowest BCUT2D eigenvalue weighted by Gasteiger charge is -1.95. The van der Waals surface area contributed by atoms with Crippen LogP contribution in [0.3, 0.4) is 0 Å². The molecule has 0 radical (unpaired) electrons. The zero-order valence-electron chi connectivity index (χ0n) is 6.09. The van der Waals surface area contributed by atoms with E-state index < -0.39 is 5.97 Å². The number of carboxylic acids is 1. The maximum Gasteiger partial charge on any atom is 0.356 e. The normalized spacial score (nSPS) is 9.91. The molecule has 0 spiro atoms. The van der Waals surface area contributed by atoms with E-state index >= 15 is 0 Å². The molecule has 1 aromatic rings. The number of imidazole rings is 1. The van der Waals surface area contributed by atoms with E-state index in [1.807, 2.05) is 0 Å². The molecule has 1 rings (SSSR count). The third-order valence-corrected chi connectivity index (χ3v) is 1.27. The van der Waals surface area contributed by atoms with E-state index in [0.29, 0.717) is 12.2 Å². The molecule has 3 N–H and O–H groups in total. The summed E-state index contributed by atoms with van der Waals surface area (Å²) in [4.78, 5) is 16.8. The number of aromatic carboxylic acids is 1. The van der Waals surface area contributed by atoms with Crippen LogP contribution >= 0.6 is 0 Å². The van der Waals surface area contributed by atoms with Crippen molar-refractivity contribution in [3.8, 4) is 0 Å². The molecule has 5 nitrogen and oxygen atoms in total. The van der Waals surface area contributed by atoms with Crippen LogP contribution in [0.1, 0.15) is 16.2 Å². The standard InChI is InChI=1S/C6H9N3O2/c1-7-2-4-5(6(10)11)9-3-8-4/h3,7H,2H2,1H3,(H,8,9)(H,10,11). The van der Waals surface area contributed by atoms with E-state index in [1.165, 1.54) is 6.33 Å². The molecule has 0 saturated carbocycles. The SMILES string of the molecule is CNCc1[nH]cnc1C(=O)O. The van der Waals surface area contributed by atoms with E-state index in [9.17, 15) is 4.79 Å². The van der Waals surface area contributed by atoms with Crippen molar-refractivity contribution in [1.82, 2.24) is 15.3 Å². The summed E-state index contributed by atoms with van der Waals surface area (Å²) < 4.78 is 0. The van der Waals surface area contributed by atoms with Crippen LogP contribution < -0.4 is 5.32 Å². The number of hydrogen-bond acceptors (Lipinski definition) is 3. The molecule has 0 aliphatic carbocycles. The van der Waals surface area contributed by atoms with Gasteiger partial charge in [0.25, 0.3) is 0 Å². The highest BCUT2D eigenvalue weighted by Crippen LogP contribution is 2.00. The van der Waals surface area contributed by atoms with E-state index in [4.69, 9.17) is 5.11 Å². The fourth-order valence-corrected chi connectivity index (χ4v) is 0.817. The molecule has 60 valence electrons. The Bertz CT molecular complexity index is 256. The Morgan fingerprint density at radius 3 is 3.18 bits per heavy atom. The van der Waals surface area contributed by atoms with Gasteiger partial charge in [-0.1, -0.05) is 0 Å². The summed E-state index contributed by atoms with van der Waals surface area (Å²) >= 11 is 0. The van der Waals surface area contributed by atoms with Crippen molar-refractivity contribution in [3.63, 3.8) is 0 Å². The van der Waals surface area contributed by atoms with Gasteiger partial charge in [-0.15, -0.1) is 0 Å². The Balaban J connectivity index is 2.87. The van der Waals surface area contributed by atoms with Gasteiger partial charge in [0.2, 0.25) is 0 Å². The average Bonchev–Trinajstić information content (AvgIpc) is 2.36. The second-order valence-corrected chi connectivity index (χ2v) is 2.07. The highest BCUT2D eigenvalue weighted by molar-refractivity contribution is 5.86.